The molecule has 0 aliphatic carbocycles. The summed E-state index contributed by atoms with van der Waals surface area (Å²) in [5.74, 6) is -1.97. The van der Waals surface area contributed by atoms with E-state index in [0.29, 0.717) is 23.6 Å². The lowest BCUT2D eigenvalue weighted by molar-refractivity contribution is 0.102. The number of carbonyl (C=O) groups is 2. The normalized spacial score (nSPS) is 14.6. The van der Waals surface area contributed by atoms with Gasteiger partial charge < -0.3 is 20.1 Å². The molecule has 2 aromatic carbocycles. The van der Waals surface area contributed by atoms with Gasteiger partial charge in [0.05, 0.1) is 18.2 Å². The van der Waals surface area contributed by atoms with Crippen molar-refractivity contribution in [2.75, 3.05) is 11.9 Å². The van der Waals surface area contributed by atoms with E-state index in [-0.39, 0.29) is 24.5 Å². The highest BCUT2D eigenvalue weighted by Crippen LogP contribution is 2.35. The molecule has 164 valence electrons. The first-order chi connectivity index (χ1) is 15.5. The summed E-state index contributed by atoms with van der Waals surface area (Å²) in [5, 5.41) is 5.27. The summed E-state index contributed by atoms with van der Waals surface area (Å²) in [6.07, 6.45) is 2.90. The topological polar surface area (TPSA) is 102 Å². The van der Waals surface area contributed by atoms with Crippen molar-refractivity contribution in [3.63, 3.8) is 0 Å². The fraction of sp³-hybridized carbons (Fsp3) is 0.182. The molecule has 4 rings (SSSR count). The van der Waals surface area contributed by atoms with Gasteiger partial charge in [-0.1, -0.05) is 12.1 Å². The number of para-hydroxylation sites is 1. The van der Waals surface area contributed by atoms with E-state index in [2.05, 4.69) is 20.6 Å². The Morgan fingerprint density at radius 2 is 1.91 bits per heavy atom. The van der Waals surface area contributed by atoms with Crippen molar-refractivity contribution in [1.29, 1.82) is 0 Å². The number of benzene rings is 2. The van der Waals surface area contributed by atoms with Crippen molar-refractivity contribution in [1.82, 2.24) is 15.3 Å². The maximum atomic E-state index is 13.4. The molecule has 1 atom stereocenters. The van der Waals surface area contributed by atoms with E-state index in [1.807, 2.05) is 0 Å². The Labute approximate surface area is 181 Å². The highest BCUT2D eigenvalue weighted by Gasteiger charge is 2.27. The summed E-state index contributed by atoms with van der Waals surface area (Å²) >= 11 is 0. The van der Waals surface area contributed by atoms with Crippen molar-refractivity contribution in [3.05, 3.63) is 83.4 Å². The number of nitrogens with one attached hydrogen (secondary N) is 2. The van der Waals surface area contributed by atoms with Gasteiger partial charge in [-0.3, -0.25) is 4.79 Å². The Morgan fingerprint density at radius 3 is 2.69 bits per heavy atom. The van der Waals surface area contributed by atoms with Gasteiger partial charge in [0.1, 0.15) is 5.75 Å². The second kappa shape index (κ2) is 9.38. The number of aromatic nitrogens is 2. The van der Waals surface area contributed by atoms with Crippen LogP contribution in [0.15, 0.2) is 54.9 Å². The van der Waals surface area contributed by atoms with Gasteiger partial charge in [0.15, 0.2) is 24.1 Å². The summed E-state index contributed by atoms with van der Waals surface area (Å²) in [6.45, 7) is 0.175. The monoisotopic (exact) mass is 440 g/mol. The van der Waals surface area contributed by atoms with Crippen LogP contribution in [-0.2, 0) is 11.3 Å². The summed E-state index contributed by atoms with van der Waals surface area (Å²) in [5.41, 5.74) is 0.899. The van der Waals surface area contributed by atoms with E-state index in [4.69, 9.17) is 9.47 Å². The molecule has 10 heteroatoms. The second-order valence-corrected chi connectivity index (χ2v) is 6.88. The van der Waals surface area contributed by atoms with Crippen molar-refractivity contribution >= 4 is 17.7 Å². The number of amides is 2. The molecule has 3 aromatic rings. The third kappa shape index (κ3) is 4.80. The zero-order chi connectivity index (χ0) is 22.5. The smallest absolute Gasteiger partial charge is 0.408 e. The van der Waals surface area contributed by atoms with Gasteiger partial charge in [-0.05, 0) is 24.3 Å². The van der Waals surface area contributed by atoms with Crippen LogP contribution in [0.25, 0.3) is 0 Å². The zero-order valence-electron chi connectivity index (χ0n) is 16.7. The highest BCUT2D eigenvalue weighted by atomic mass is 19.2. The Morgan fingerprint density at radius 1 is 1.09 bits per heavy atom. The van der Waals surface area contributed by atoms with Gasteiger partial charge in [-0.15, -0.1) is 0 Å². The number of hydrogen-bond donors (Lipinski definition) is 2. The first kappa shape index (κ1) is 21.2. The molecule has 0 unspecified atom stereocenters. The lowest BCUT2D eigenvalue weighted by Crippen LogP contribution is -2.33. The van der Waals surface area contributed by atoms with Crippen LogP contribution in [0.3, 0.4) is 0 Å². The number of carbonyl (C=O) groups excluding carboxylic acids is 2. The molecule has 1 aromatic heterocycles. The largest absolute Gasteiger partial charge is 0.492 e. The molecule has 1 aliphatic heterocycles. The highest BCUT2D eigenvalue weighted by molar-refractivity contribution is 6.06. The molecule has 0 saturated carbocycles. The maximum absolute atomic E-state index is 13.4. The predicted molar refractivity (Wildman–Crippen MR) is 109 cm³/mol. The molecule has 2 heterocycles. The van der Waals surface area contributed by atoms with E-state index in [1.165, 1.54) is 6.07 Å². The third-order valence-electron chi connectivity index (χ3n) is 4.74. The van der Waals surface area contributed by atoms with Crippen LogP contribution in [-0.4, -0.2) is 28.6 Å². The average molecular weight is 440 g/mol. The van der Waals surface area contributed by atoms with Crippen LogP contribution in [0, 0.1) is 11.6 Å². The average Bonchev–Trinajstić information content (AvgIpc) is 2.80. The van der Waals surface area contributed by atoms with Gasteiger partial charge in [0.25, 0.3) is 5.91 Å². The first-order valence-corrected chi connectivity index (χ1v) is 9.72. The molecular formula is C22H18F2N4O4. The lowest BCUT2D eigenvalue weighted by Gasteiger charge is -2.27. The second-order valence-electron chi connectivity index (χ2n) is 6.88. The molecular weight excluding hydrogens is 422 g/mol. The van der Waals surface area contributed by atoms with Gasteiger partial charge in [-0.25, -0.2) is 23.5 Å². The zero-order valence-corrected chi connectivity index (χ0v) is 16.7. The van der Waals surface area contributed by atoms with Crippen LogP contribution in [0.1, 0.15) is 34.2 Å². The van der Waals surface area contributed by atoms with Gasteiger partial charge in [0, 0.05) is 36.1 Å². The summed E-state index contributed by atoms with van der Waals surface area (Å²) in [6, 6.07) is 9.20. The first-order valence-electron chi connectivity index (χ1n) is 9.72. The summed E-state index contributed by atoms with van der Waals surface area (Å²) in [7, 11) is 0. The summed E-state index contributed by atoms with van der Waals surface area (Å²) in [4.78, 5) is 32.9. The number of alkyl carbamates (subject to hydrolysis) is 1. The van der Waals surface area contributed by atoms with E-state index in [9.17, 15) is 18.4 Å². The number of halogens is 2. The molecule has 0 fully saturated rings. The number of nitrogens with zero attached hydrogens (tertiary/aromatic N) is 2. The van der Waals surface area contributed by atoms with Gasteiger partial charge in [-0.2, -0.15) is 0 Å². The van der Waals surface area contributed by atoms with E-state index < -0.39 is 29.7 Å². The predicted octanol–water partition coefficient (Wildman–Crippen LogP) is 3.76. The third-order valence-corrected chi connectivity index (χ3v) is 4.74. The number of ether oxygens (including phenoxy) is 2. The van der Waals surface area contributed by atoms with Crippen LogP contribution < -0.4 is 15.4 Å². The number of anilines is 1. The van der Waals surface area contributed by atoms with Crippen LogP contribution in [0.5, 0.6) is 5.75 Å². The Balaban J connectivity index is 1.46. The maximum Gasteiger partial charge on any atom is 0.408 e. The summed E-state index contributed by atoms with van der Waals surface area (Å²) < 4.78 is 37.4. The van der Waals surface area contributed by atoms with Crippen molar-refractivity contribution in [2.24, 2.45) is 0 Å². The molecule has 0 spiro atoms. The van der Waals surface area contributed by atoms with E-state index >= 15 is 0 Å². The van der Waals surface area contributed by atoms with Gasteiger partial charge >= 0.3 is 6.09 Å². The number of hydrogen-bond acceptors (Lipinski definition) is 6. The Kier molecular flexibility index (Phi) is 6.20. The Bertz CT molecular complexity index is 1140. The van der Waals surface area contributed by atoms with Crippen molar-refractivity contribution in [2.45, 2.75) is 19.1 Å². The minimum Gasteiger partial charge on any atom is -0.492 e. The van der Waals surface area contributed by atoms with E-state index in [1.54, 1.807) is 36.7 Å². The molecule has 1 aliphatic rings. The molecule has 2 N–H and O–H groups in total. The molecule has 2 amide bonds. The SMILES string of the molecule is O=C(N[C@H]1CCOc2c(C(=O)Nc3ccc(F)c(F)c3)cccc21)OCc1ncccn1. The molecule has 0 radical (unpaired) electrons. The molecule has 0 saturated heterocycles. The lowest BCUT2D eigenvalue weighted by atomic mass is 9.97. The fourth-order valence-corrected chi connectivity index (χ4v) is 3.24. The fourth-order valence-electron chi connectivity index (χ4n) is 3.24. The van der Waals surface area contributed by atoms with Crippen molar-refractivity contribution in [3.8, 4) is 5.75 Å². The molecule has 8 nitrogen and oxygen atoms in total. The molecule has 32 heavy (non-hydrogen) atoms. The molecule has 0 bridgehead atoms. The van der Waals surface area contributed by atoms with Crippen molar-refractivity contribution < 1.29 is 27.8 Å². The van der Waals surface area contributed by atoms with Crippen LogP contribution >= 0.6 is 0 Å². The van der Waals surface area contributed by atoms with Gasteiger partial charge in [0.2, 0.25) is 0 Å². The standard InChI is InChI=1S/C22H18F2N4O4/c23-16-6-5-13(11-17(16)24)27-21(29)15-4-1-3-14-18(7-10-31-20(14)15)28-22(30)32-12-19-25-8-2-9-26-19/h1-6,8-9,11,18H,7,10,12H2,(H,27,29)(H,28,30)/t18-/m0/s1. The van der Waals surface area contributed by atoms with Crippen LogP contribution in [0.2, 0.25) is 0 Å². The Hall–Kier alpha value is -4.08. The minimum atomic E-state index is -1.07. The number of fused-ring (bicyclic) bond motifs is 1. The number of rotatable bonds is 5. The minimum absolute atomic E-state index is 0.0839. The quantitative estimate of drug-likeness (QED) is 0.626. The van der Waals surface area contributed by atoms with E-state index in [0.717, 1.165) is 12.1 Å². The van der Waals surface area contributed by atoms with Crippen LogP contribution in [0.4, 0.5) is 19.3 Å².